The molecule has 0 heteroatoms. The highest BCUT2D eigenvalue weighted by molar-refractivity contribution is 5.36. The Labute approximate surface area is 62.9 Å². The van der Waals surface area contributed by atoms with Crippen molar-refractivity contribution in [2.45, 2.75) is 26.2 Å². The molecule has 1 aliphatic carbocycles. The van der Waals surface area contributed by atoms with E-state index in [1.165, 1.54) is 30.4 Å². The van der Waals surface area contributed by atoms with Crippen LogP contribution in [0.5, 0.6) is 0 Å². The van der Waals surface area contributed by atoms with Crippen molar-refractivity contribution in [1.29, 1.82) is 0 Å². The first-order chi connectivity index (χ1) is 4.70. The van der Waals surface area contributed by atoms with Crippen LogP contribution in [0.25, 0.3) is 0 Å². The van der Waals surface area contributed by atoms with Crippen LogP contribution in [0.2, 0.25) is 0 Å². The third-order valence-corrected chi connectivity index (χ3v) is 1.80. The second-order valence-corrected chi connectivity index (χ2v) is 2.97. The lowest BCUT2D eigenvalue weighted by molar-refractivity contribution is 0.933. The van der Waals surface area contributed by atoms with Gasteiger partial charge < -0.3 is 0 Å². The van der Waals surface area contributed by atoms with Crippen LogP contribution in [0.15, 0.2) is 36.0 Å². The maximum atomic E-state index is 3.98. The lowest BCUT2D eigenvalue weighted by Crippen LogP contribution is -1.76. The quantitative estimate of drug-likeness (QED) is 0.516. The Morgan fingerprint density at radius 1 is 1.50 bits per heavy atom. The Bertz CT molecular complexity index is 194. The summed E-state index contributed by atoms with van der Waals surface area (Å²) in [5, 5.41) is 0. The highest BCUT2D eigenvalue weighted by Gasteiger charge is 2.09. The number of hydrogen-bond acceptors (Lipinski definition) is 0. The first-order valence-electron chi connectivity index (χ1n) is 3.74. The smallest absolute Gasteiger partial charge is 0.0273 e. The Morgan fingerprint density at radius 2 is 2.20 bits per heavy atom. The van der Waals surface area contributed by atoms with Crippen LogP contribution in [0.3, 0.4) is 0 Å². The average Bonchev–Trinajstić information content (AvgIpc) is 2.15. The predicted molar refractivity (Wildman–Crippen MR) is 45.9 cm³/mol. The molecule has 0 aromatic heterocycles. The molecule has 0 saturated heterocycles. The fourth-order valence-electron chi connectivity index (χ4n) is 1.30. The van der Waals surface area contributed by atoms with Gasteiger partial charge in [0.2, 0.25) is 0 Å². The van der Waals surface area contributed by atoms with Gasteiger partial charge in [-0.15, -0.1) is 0 Å². The Balaban J connectivity index is 2.72. The molecule has 0 N–H and O–H groups in total. The van der Waals surface area contributed by atoms with Crippen LogP contribution in [0.1, 0.15) is 26.2 Å². The standard InChI is InChI=1S/C10H14/c1-8(2)7-10-6-4-5-9(10)3/h7H,1,3-6H2,2H3. The highest BCUT2D eigenvalue weighted by atomic mass is 14.1. The molecule has 1 saturated carbocycles. The summed E-state index contributed by atoms with van der Waals surface area (Å²) in [6.45, 7) is 9.84. The molecule has 0 unspecified atom stereocenters. The van der Waals surface area contributed by atoms with E-state index in [0.717, 1.165) is 5.57 Å². The van der Waals surface area contributed by atoms with E-state index in [-0.39, 0.29) is 0 Å². The minimum Gasteiger partial charge on any atom is -0.0961 e. The molecule has 1 rings (SSSR count). The summed E-state index contributed by atoms with van der Waals surface area (Å²) < 4.78 is 0. The highest BCUT2D eigenvalue weighted by Crippen LogP contribution is 2.29. The molecular weight excluding hydrogens is 120 g/mol. The molecule has 0 heterocycles. The molecule has 0 nitrogen and oxygen atoms in total. The van der Waals surface area contributed by atoms with Crippen LogP contribution in [0.4, 0.5) is 0 Å². The minimum atomic E-state index is 1.14. The summed E-state index contributed by atoms with van der Waals surface area (Å²) in [4.78, 5) is 0. The Kier molecular flexibility index (Phi) is 2.10. The van der Waals surface area contributed by atoms with Crippen molar-refractivity contribution in [3.63, 3.8) is 0 Å². The van der Waals surface area contributed by atoms with E-state index in [2.05, 4.69) is 19.2 Å². The monoisotopic (exact) mass is 134 g/mol. The van der Waals surface area contributed by atoms with Crippen molar-refractivity contribution in [2.24, 2.45) is 0 Å². The fraction of sp³-hybridized carbons (Fsp3) is 0.400. The van der Waals surface area contributed by atoms with Crippen LogP contribution in [-0.2, 0) is 0 Å². The molecule has 0 bridgehead atoms. The fourth-order valence-corrected chi connectivity index (χ4v) is 1.30. The second-order valence-electron chi connectivity index (χ2n) is 2.97. The average molecular weight is 134 g/mol. The van der Waals surface area contributed by atoms with Crippen LogP contribution in [0, 0.1) is 0 Å². The zero-order chi connectivity index (χ0) is 7.56. The van der Waals surface area contributed by atoms with E-state index < -0.39 is 0 Å². The minimum absolute atomic E-state index is 1.14. The Hall–Kier alpha value is -0.780. The first-order valence-corrected chi connectivity index (χ1v) is 3.74. The summed E-state index contributed by atoms with van der Waals surface area (Å²) in [6, 6.07) is 0. The third kappa shape index (κ3) is 1.60. The van der Waals surface area contributed by atoms with Crippen molar-refractivity contribution in [3.8, 4) is 0 Å². The zero-order valence-corrected chi connectivity index (χ0v) is 6.61. The van der Waals surface area contributed by atoms with Crippen molar-refractivity contribution in [1.82, 2.24) is 0 Å². The normalized spacial score (nSPS) is 22.1. The maximum absolute atomic E-state index is 3.98. The summed E-state index contributed by atoms with van der Waals surface area (Å²) >= 11 is 0. The van der Waals surface area contributed by atoms with E-state index in [1.54, 1.807) is 0 Å². The second kappa shape index (κ2) is 2.87. The number of rotatable bonds is 1. The van der Waals surface area contributed by atoms with Crippen molar-refractivity contribution >= 4 is 0 Å². The Morgan fingerprint density at radius 3 is 2.60 bits per heavy atom. The van der Waals surface area contributed by atoms with Gasteiger partial charge in [0.1, 0.15) is 0 Å². The lowest BCUT2D eigenvalue weighted by atomic mass is 10.1. The van der Waals surface area contributed by atoms with Gasteiger partial charge in [-0.2, -0.15) is 0 Å². The molecule has 0 aliphatic heterocycles. The van der Waals surface area contributed by atoms with Gasteiger partial charge >= 0.3 is 0 Å². The molecule has 0 radical (unpaired) electrons. The van der Waals surface area contributed by atoms with Crippen LogP contribution >= 0.6 is 0 Å². The first kappa shape index (κ1) is 7.33. The molecule has 0 aromatic rings. The number of allylic oxidation sites excluding steroid dienone is 4. The molecule has 0 spiro atoms. The van der Waals surface area contributed by atoms with Gasteiger partial charge in [-0.25, -0.2) is 0 Å². The molecule has 0 atom stereocenters. The van der Waals surface area contributed by atoms with E-state index in [0.29, 0.717) is 0 Å². The summed E-state index contributed by atoms with van der Waals surface area (Å²) in [5.74, 6) is 0. The van der Waals surface area contributed by atoms with E-state index in [1.807, 2.05) is 6.92 Å². The van der Waals surface area contributed by atoms with Crippen molar-refractivity contribution in [2.75, 3.05) is 0 Å². The van der Waals surface area contributed by atoms with Gasteiger partial charge in [-0.3, -0.25) is 0 Å². The van der Waals surface area contributed by atoms with Gasteiger partial charge in [-0.05, 0) is 31.8 Å². The van der Waals surface area contributed by atoms with Gasteiger partial charge in [-0.1, -0.05) is 30.4 Å². The number of hydrogen-bond donors (Lipinski definition) is 0. The molecule has 1 aliphatic rings. The van der Waals surface area contributed by atoms with Crippen LogP contribution < -0.4 is 0 Å². The van der Waals surface area contributed by atoms with Gasteiger partial charge in [0.15, 0.2) is 0 Å². The van der Waals surface area contributed by atoms with Gasteiger partial charge in [0, 0.05) is 0 Å². The zero-order valence-electron chi connectivity index (χ0n) is 6.61. The maximum Gasteiger partial charge on any atom is -0.0273 e. The molecule has 1 fully saturated rings. The molecule has 10 heavy (non-hydrogen) atoms. The summed E-state index contributed by atoms with van der Waals surface area (Å²) in [7, 11) is 0. The molecular formula is C10H14. The van der Waals surface area contributed by atoms with Crippen LogP contribution in [-0.4, -0.2) is 0 Å². The topological polar surface area (TPSA) is 0 Å². The lowest BCUT2D eigenvalue weighted by Gasteiger charge is -1.96. The van der Waals surface area contributed by atoms with Crippen molar-refractivity contribution < 1.29 is 0 Å². The van der Waals surface area contributed by atoms with E-state index >= 15 is 0 Å². The van der Waals surface area contributed by atoms with Gasteiger partial charge in [0.05, 0.1) is 0 Å². The van der Waals surface area contributed by atoms with Gasteiger partial charge in [0.25, 0.3) is 0 Å². The molecule has 0 amide bonds. The molecule has 0 aromatic carbocycles. The van der Waals surface area contributed by atoms with Crippen molar-refractivity contribution in [3.05, 3.63) is 36.0 Å². The molecule has 54 valence electrons. The summed E-state index contributed by atoms with van der Waals surface area (Å²) in [5.41, 5.74) is 3.86. The predicted octanol–water partition coefficient (Wildman–Crippen LogP) is 3.23. The SMILES string of the molecule is C=C(C)C=C1CCCC1=C. The largest absolute Gasteiger partial charge is 0.0961 e. The summed E-state index contributed by atoms with van der Waals surface area (Å²) in [6.07, 6.45) is 5.80. The van der Waals surface area contributed by atoms with E-state index in [9.17, 15) is 0 Å². The van der Waals surface area contributed by atoms with E-state index in [4.69, 9.17) is 0 Å². The third-order valence-electron chi connectivity index (χ3n) is 1.80.